The molecular weight excluding hydrogens is 280 g/mol. The Morgan fingerprint density at radius 1 is 1.05 bits per heavy atom. The predicted molar refractivity (Wildman–Crippen MR) is 87.5 cm³/mol. The second kappa shape index (κ2) is 6.54. The first-order chi connectivity index (χ1) is 10.4. The zero-order chi connectivity index (χ0) is 14.5. The van der Waals surface area contributed by atoms with E-state index in [9.17, 15) is 0 Å². The molecule has 0 fully saturated rings. The largest absolute Gasteiger partial charge is 0.370 e. The van der Waals surface area contributed by atoms with Gasteiger partial charge in [0.15, 0.2) is 5.16 Å². The summed E-state index contributed by atoms with van der Waals surface area (Å²) >= 11 is 1.60. The Bertz CT molecular complexity index is 731. The first kappa shape index (κ1) is 13.8. The molecule has 4 nitrogen and oxygen atoms in total. The van der Waals surface area contributed by atoms with Crippen LogP contribution in [0.4, 0.5) is 5.82 Å². The lowest BCUT2D eigenvalue weighted by molar-refractivity contribution is 0.990. The van der Waals surface area contributed by atoms with Gasteiger partial charge in [0.25, 0.3) is 0 Å². The molecule has 3 rings (SSSR count). The summed E-state index contributed by atoms with van der Waals surface area (Å²) in [6, 6.07) is 14.0. The van der Waals surface area contributed by atoms with E-state index in [0.29, 0.717) is 0 Å². The average molecular weight is 296 g/mol. The van der Waals surface area contributed by atoms with Crippen molar-refractivity contribution in [3.63, 3.8) is 0 Å². The van der Waals surface area contributed by atoms with Gasteiger partial charge in [0.05, 0.1) is 11.2 Å². The quantitative estimate of drug-likeness (QED) is 0.574. The third-order valence-corrected chi connectivity index (χ3v) is 3.88. The summed E-state index contributed by atoms with van der Waals surface area (Å²) in [6.45, 7) is 2.91. The Balaban J connectivity index is 1.88. The Morgan fingerprint density at radius 3 is 2.71 bits per heavy atom. The molecule has 1 N–H and O–H groups in total. The van der Waals surface area contributed by atoms with Crippen molar-refractivity contribution in [3.8, 4) is 0 Å². The second-order valence-electron chi connectivity index (χ2n) is 4.51. The fraction of sp³-hybridized carbons (Fsp3) is 0.188. The lowest BCUT2D eigenvalue weighted by atomic mass is 10.2. The number of nitrogens with zero attached hydrogens (tertiary/aromatic N) is 3. The molecule has 1 aromatic carbocycles. The van der Waals surface area contributed by atoms with Gasteiger partial charge in [-0.2, -0.15) is 0 Å². The zero-order valence-electron chi connectivity index (χ0n) is 11.8. The molecule has 0 bridgehead atoms. The van der Waals surface area contributed by atoms with Crippen molar-refractivity contribution in [3.05, 3.63) is 54.4 Å². The fourth-order valence-corrected chi connectivity index (χ4v) is 2.81. The summed E-state index contributed by atoms with van der Waals surface area (Å²) in [4.78, 5) is 13.6. The van der Waals surface area contributed by atoms with Gasteiger partial charge in [0, 0.05) is 23.9 Å². The summed E-state index contributed by atoms with van der Waals surface area (Å²) in [6.07, 6.45) is 1.81. The Hall–Kier alpha value is -2.14. The molecule has 0 saturated carbocycles. The van der Waals surface area contributed by atoms with Crippen LogP contribution < -0.4 is 5.32 Å². The van der Waals surface area contributed by atoms with Crippen LogP contribution in [-0.4, -0.2) is 21.5 Å². The summed E-state index contributed by atoms with van der Waals surface area (Å²) in [5, 5.41) is 5.14. The van der Waals surface area contributed by atoms with Crippen LogP contribution in [-0.2, 0) is 5.75 Å². The average Bonchev–Trinajstić information content (AvgIpc) is 2.54. The van der Waals surface area contributed by atoms with Gasteiger partial charge in [0.2, 0.25) is 0 Å². The van der Waals surface area contributed by atoms with E-state index in [1.807, 2.05) is 42.5 Å². The smallest absolute Gasteiger partial charge is 0.190 e. The van der Waals surface area contributed by atoms with E-state index in [-0.39, 0.29) is 0 Å². The van der Waals surface area contributed by atoms with Gasteiger partial charge in [-0.15, -0.1) is 0 Å². The van der Waals surface area contributed by atoms with E-state index >= 15 is 0 Å². The predicted octanol–water partition coefficient (Wildman–Crippen LogP) is 3.75. The van der Waals surface area contributed by atoms with Crippen LogP contribution in [0, 0.1) is 0 Å². The highest BCUT2D eigenvalue weighted by atomic mass is 32.2. The number of fused-ring (bicyclic) bond motifs is 1. The molecule has 21 heavy (non-hydrogen) atoms. The Kier molecular flexibility index (Phi) is 4.31. The highest BCUT2D eigenvalue weighted by Gasteiger charge is 2.07. The molecule has 5 heteroatoms. The number of thioether (sulfide) groups is 1. The van der Waals surface area contributed by atoms with Gasteiger partial charge in [0.1, 0.15) is 5.82 Å². The standard InChI is InChI=1S/C16H16N4S/c1-2-17-15-13-8-3-4-9-14(13)19-16(20-15)21-11-12-7-5-6-10-18-12/h3-10H,2,11H2,1H3,(H,17,19,20). The van der Waals surface area contributed by atoms with Crippen LogP contribution in [0.2, 0.25) is 0 Å². The van der Waals surface area contributed by atoms with E-state index in [4.69, 9.17) is 0 Å². The number of para-hydroxylation sites is 1. The van der Waals surface area contributed by atoms with E-state index in [2.05, 4.69) is 27.2 Å². The van der Waals surface area contributed by atoms with Crippen molar-refractivity contribution >= 4 is 28.5 Å². The maximum atomic E-state index is 4.62. The third kappa shape index (κ3) is 3.31. The van der Waals surface area contributed by atoms with Crippen LogP contribution in [0.1, 0.15) is 12.6 Å². The molecule has 0 saturated heterocycles. The lowest BCUT2D eigenvalue weighted by Gasteiger charge is -2.09. The minimum atomic E-state index is 0.769. The van der Waals surface area contributed by atoms with Crippen molar-refractivity contribution in [2.45, 2.75) is 17.8 Å². The van der Waals surface area contributed by atoms with Crippen molar-refractivity contribution in [2.24, 2.45) is 0 Å². The first-order valence-electron chi connectivity index (χ1n) is 6.90. The highest BCUT2D eigenvalue weighted by molar-refractivity contribution is 7.98. The van der Waals surface area contributed by atoms with E-state index in [1.165, 1.54) is 0 Å². The number of rotatable bonds is 5. The molecule has 0 amide bonds. The molecule has 0 spiro atoms. The zero-order valence-corrected chi connectivity index (χ0v) is 12.6. The minimum absolute atomic E-state index is 0.769. The van der Waals surface area contributed by atoms with Gasteiger partial charge in [-0.05, 0) is 31.2 Å². The second-order valence-corrected chi connectivity index (χ2v) is 5.45. The molecule has 0 atom stereocenters. The van der Waals surface area contributed by atoms with Gasteiger partial charge < -0.3 is 5.32 Å². The van der Waals surface area contributed by atoms with E-state index in [0.717, 1.165) is 39.9 Å². The van der Waals surface area contributed by atoms with Crippen molar-refractivity contribution in [1.82, 2.24) is 15.0 Å². The number of aromatic nitrogens is 3. The molecule has 0 aliphatic rings. The first-order valence-corrected chi connectivity index (χ1v) is 7.88. The Labute approximate surface area is 128 Å². The van der Waals surface area contributed by atoms with Gasteiger partial charge in [-0.1, -0.05) is 30.0 Å². The van der Waals surface area contributed by atoms with Crippen molar-refractivity contribution in [2.75, 3.05) is 11.9 Å². The van der Waals surface area contributed by atoms with Crippen molar-refractivity contribution in [1.29, 1.82) is 0 Å². The van der Waals surface area contributed by atoms with Crippen LogP contribution in [0.25, 0.3) is 10.9 Å². The van der Waals surface area contributed by atoms with Crippen LogP contribution in [0.15, 0.2) is 53.8 Å². The molecular formula is C16H16N4S. The van der Waals surface area contributed by atoms with Gasteiger partial charge in [-0.25, -0.2) is 9.97 Å². The van der Waals surface area contributed by atoms with Crippen molar-refractivity contribution < 1.29 is 0 Å². The fourth-order valence-electron chi connectivity index (χ4n) is 2.04. The topological polar surface area (TPSA) is 50.7 Å². The lowest BCUT2D eigenvalue weighted by Crippen LogP contribution is -2.02. The number of hydrogen-bond acceptors (Lipinski definition) is 5. The molecule has 0 radical (unpaired) electrons. The summed E-state index contributed by atoms with van der Waals surface area (Å²) in [7, 11) is 0. The maximum absolute atomic E-state index is 4.62. The van der Waals surface area contributed by atoms with Gasteiger partial charge >= 0.3 is 0 Å². The SMILES string of the molecule is CCNc1nc(SCc2ccccn2)nc2ccccc12. The summed E-state index contributed by atoms with van der Waals surface area (Å²) in [5.41, 5.74) is 2.00. The summed E-state index contributed by atoms with van der Waals surface area (Å²) in [5.74, 6) is 1.66. The Morgan fingerprint density at radius 2 is 1.90 bits per heavy atom. The monoisotopic (exact) mass is 296 g/mol. The minimum Gasteiger partial charge on any atom is -0.370 e. The maximum Gasteiger partial charge on any atom is 0.190 e. The van der Waals surface area contributed by atoms with Crippen LogP contribution >= 0.6 is 11.8 Å². The van der Waals surface area contributed by atoms with Gasteiger partial charge in [-0.3, -0.25) is 4.98 Å². The normalized spacial score (nSPS) is 10.7. The number of anilines is 1. The number of pyridine rings is 1. The number of nitrogens with one attached hydrogen (secondary N) is 1. The van der Waals surface area contributed by atoms with E-state index < -0.39 is 0 Å². The highest BCUT2D eigenvalue weighted by Crippen LogP contribution is 2.25. The third-order valence-electron chi connectivity index (χ3n) is 3.00. The number of benzene rings is 1. The molecule has 2 heterocycles. The van der Waals surface area contributed by atoms with Crippen LogP contribution in [0.5, 0.6) is 0 Å². The molecule has 0 unspecified atom stereocenters. The van der Waals surface area contributed by atoms with Crippen LogP contribution in [0.3, 0.4) is 0 Å². The number of hydrogen-bond donors (Lipinski definition) is 1. The molecule has 0 aliphatic heterocycles. The summed E-state index contributed by atoms with van der Waals surface area (Å²) < 4.78 is 0. The molecule has 2 aromatic heterocycles. The molecule has 0 aliphatic carbocycles. The molecule has 106 valence electrons. The van der Waals surface area contributed by atoms with E-state index in [1.54, 1.807) is 18.0 Å². The molecule has 3 aromatic rings.